The second-order valence-corrected chi connectivity index (χ2v) is 6.31. The third-order valence-corrected chi connectivity index (χ3v) is 5.65. The molecule has 2 heterocycles. The van der Waals surface area contributed by atoms with Gasteiger partial charge in [0.25, 0.3) is 0 Å². The highest BCUT2D eigenvalue weighted by atomic mass is 16.2. The molecule has 2 aliphatic heterocycles. The lowest BCUT2D eigenvalue weighted by Crippen LogP contribution is -2.58. The number of amides is 1. The van der Waals surface area contributed by atoms with Gasteiger partial charge in [-0.15, -0.1) is 0 Å². The van der Waals surface area contributed by atoms with Crippen LogP contribution in [0.2, 0.25) is 0 Å². The van der Waals surface area contributed by atoms with Crippen LogP contribution < -0.4 is 5.73 Å². The van der Waals surface area contributed by atoms with E-state index in [2.05, 4.69) is 11.8 Å². The van der Waals surface area contributed by atoms with E-state index >= 15 is 0 Å². The van der Waals surface area contributed by atoms with Crippen LogP contribution in [0.5, 0.6) is 0 Å². The molecule has 2 saturated heterocycles. The number of nitrogens with zero attached hydrogens (tertiary/aromatic N) is 1. The minimum absolute atomic E-state index is 0.197. The minimum atomic E-state index is 0.197. The van der Waals surface area contributed by atoms with Gasteiger partial charge in [0, 0.05) is 24.5 Å². The molecule has 1 spiro atoms. The number of carbonyl (C=O) groups is 1. The summed E-state index contributed by atoms with van der Waals surface area (Å²) < 4.78 is 0. The monoisotopic (exact) mass is 236 g/mol. The lowest BCUT2D eigenvalue weighted by Gasteiger charge is -2.51. The maximum atomic E-state index is 12.2. The molecule has 0 radical (unpaired) electrons. The average Bonchev–Trinajstić information content (AvgIpc) is 2.68. The maximum absolute atomic E-state index is 12.2. The largest absolute Gasteiger partial charge is 0.337 e. The normalized spacial score (nSPS) is 46.4. The molecule has 1 amide bonds. The summed E-state index contributed by atoms with van der Waals surface area (Å²) in [6.07, 6.45) is 7.71. The Bertz CT molecular complexity index is 330. The van der Waals surface area contributed by atoms with Crippen molar-refractivity contribution >= 4 is 5.91 Å². The summed E-state index contributed by atoms with van der Waals surface area (Å²) in [5, 5.41) is 0. The molecule has 1 aliphatic carbocycles. The molecule has 3 aliphatic rings. The van der Waals surface area contributed by atoms with Crippen LogP contribution in [0.1, 0.15) is 51.9 Å². The van der Waals surface area contributed by atoms with Crippen LogP contribution in [0, 0.1) is 11.8 Å². The molecule has 0 bridgehead atoms. The molecule has 3 nitrogen and oxygen atoms in total. The highest BCUT2D eigenvalue weighted by Crippen LogP contribution is 2.51. The first-order chi connectivity index (χ1) is 8.15. The first-order valence-corrected chi connectivity index (χ1v) is 7.21. The van der Waals surface area contributed by atoms with Gasteiger partial charge in [0.1, 0.15) is 0 Å². The second kappa shape index (κ2) is 3.98. The molecule has 3 heteroatoms. The number of carbonyl (C=O) groups excluding carboxylic acids is 1. The Hall–Kier alpha value is -0.570. The molecule has 96 valence electrons. The van der Waals surface area contributed by atoms with Gasteiger partial charge in [-0.25, -0.2) is 0 Å². The summed E-state index contributed by atoms with van der Waals surface area (Å²) in [6.45, 7) is 3.31. The zero-order valence-electron chi connectivity index (χ0n) is 10.8. The van der Waals surface area contributed by atoms with Crippen molar-refractivity contribution in [2.24, 2.45) is 17.6 Å². The SMILES string of the molecule is C[C@H]1[C@@H](N)CC[C@@]23CCCN2C(=O)CCC[C@@H]13. The second-order valence-electron chi connectivity index (χ2n) is 6.31. The molecule has 2 N–H and O–H groups in total. The fourth-order valence-electron chi connectivity index (χ4n) is 4.71. The van der Waals surface area contributed by atoms with Crippen LogP contribution in [0.25, 0.3) is 0 Å². The Balaban J connectivity index is 1.98. The van der Waals surface area contributed by atoms with Crippen molar-refractivity contribution in [3.63, 3.8) is 0 Å². The highest BCUT2D eigenvalue weighted by Gasteiger charge is 2.54. The van der Waals surface area contributed by atoms with Crippen LogP contribution in [-0.4, -0.2) is 28.9 Å². The lowest BCUT2D eigenvalue weighted by atomic mass is 9.63. The zero-order chi connectivity index (χ0) is 12.0. The molecule has 0 aromatic rings. The van der Waals surface area contributed by atoms with Crippen molar-refractivity contribution in [2.75, 3.05) is 6.54 Å². The van der Waals surface area contributed by atoms with Crippen molar-refractivity contribution in [1.29, 1.82) is 0 Å². The summed E-state index contributed by atoms with van der Waals surface area (Å²) in [5.74, 6) is 1.64. The Labute approximate surface area is 104 Å². The van der Waals surface area contributed by atoms with Gasteiger partial charge >= 0.3 is 0 Å². The fraction of sp³-hybridized carbons (Fsp3) is 0.929. The fourth-order valence-corrected chi connectivity index (χ4v) is 4.71. The van der Waals surface area contributed by atoms with Crippen molar-refractivity contribution in [1.82, 2.24) is 4.90 Å². The van der Waals surface area contributed by atoms with Gasteiger partial charge in [0.05, 0.1) is 0 Å². The summed E-state index contributed by atoms with van der Waals surface area (Å²) in [4.78, 5) is 14.5. The summed E-state index contributed by atoms with van der Waals surface area (Å²) in [7, 11) is 0. The van der Waals surface area contributed by atoms with E-state index in [1.165, 1.54) is 19.3 Å². The van der Waals surface area contributed by atoms with Gasteiger partial charge in [0.2, 0.25) is 5.91 Å². The molecule has 0 aromatic heterocycles. The van der Waals surface area contributed by atoms with E-state index in [1.807, 2.05) is 0 Å². The van der Waals surface area contributed by atoms with Crippen LogP contribution in [0.15, 0.2) is 0 Å². The van der Waals surface area contributed by atoms with Crippen molar-refractivity contribution < 1.29 is 4.79 Å². The zero-order valence-corrected chi connectivity index (χ0v) is 10.8. The number of nitrogens with two attached hydrogens (primary N) is 1. The van der Waals surface area contributed by atoms with Gasteiger partial charge in [-0.2, -0.15) is 0 Å². The summed E-state index contributed by atoms with van der Waals surface area (Å²) in [5.41, 5.74) is 6.44. The number of hydrogen-bond donors (Lipinski definition) is 1. The Morgan fingerprint density at radius 3 is 2.94 bits per heavy atom. The molecular weight excluding hydrogens is 212 g/mol. The molecule has 1 saturated carbocycles. The van der Waals surface area contributed by atoms with Gasteiger partial charge in [-0.1, -0.05) is 6.92 Å². The van der Waals surface area contributed by atoms with E-state index in [1.54, 1.807) is 0 Å². The molecule has 3 rings (SSSR count). The Morgan fingerprint density at radius 2 is 2.12 bits per heavy atom. The van der Waals surface area contributed by atoms with Crippen LogP contribution in [0.4, 0.5) is 0 Å². The predicted octanol–water partition coefficient (Wildman–Crippen LogP) is 1.90. The third-order valence-electron chi connectivity index (χ3n) is 5.65. The van der Waals surface area contributed by atoms with E-state index < -0.39 is 0 Å². The predicted molar refractivity (Wildman–Crippen MR) is 67.4 cm³/mol. The highest BCUT2D eigenvalue weighted by molar-refractivity contribution is 5.78. The number of hydrogen-bond acceptors (Lipinski definition) is 2. The van der Waals surface area contributed by atoms with Crippen LogP contribution in [-0.2, 0) is 4.79 Å². The van der Waals surface area contributed by atoms with Crippen molar-refractivity contribution in [3.05, 3.63) is 0 Å². The van der Waals surface area contributed by atoms with E-state index in [9.17, 15) is 4.79 Å². The average molecular weight is 236 g/mol. The standard InChI is InChI=1S/C14H24N2O/c1-10-11-4-2-5-13(17)16-9-3-7-14(11,16)8-6-12(10)15/h10-12H,2-9,15H2,1H3/t10-,11+,12+,14-/m1/s1. The van der Waals surface area contributed by atoms with Gasteiger partial charge in [-0.05, 0) is 50.4 Å². The van der Waals surface area contributed by atoms with E-state index in [0.29, 0.717) is 23.8 Å². The topological polar surface area (TPSA) is 46.3 Å². The van der Waals surface area contributed by atoms with Gasteiger partial charge in [0.15, 0.2) is 0 Å². The van der Waals surface area contributed by atoms with Crippen molar-refractivity contribution in [2.45, 2.75) is 63.5 Å². The third kappa shape index (κ3) is 1.55. The van der Waals surface area contributed by atoms with E-state index in [4.69, 9.17) is 5.73 Å². The molecule has 0 aromatic carbocycles. The molecule has 3 fully saturated rings. The van der Waals surface area contributed by atoms with Gasteiger partial charge < -0.3 is 10.6 Å². The molecule has 17 heavy (non-hydrogen) atoms. The number of rotatable bonds is 0. The summed E-state index contributed by atoms with van der Waals surface area (Å²) in [6, 6.07) is 0.348. The first kappa shape index (κ1) is 11.5. The Kier molecular flexibility index (Phi) is 2.69. The molecule has 4 atom stereocenters. The molecule has 0 unspecified atom stereocenters. The molecular formula is C14H24N2O. The first-order valence-electron chi connectivity index (χ1n) is 7.21. The smallest absolute Gasteiger partial charge is 0.223 e. The summed E-state index contributed by atoms with van der Waals surface area (Å²) >= 11 is 0. The van der Waals surface area contributed by atoms with Crippen molar-refractivity contribution in [3.8, 4) is 0 Å². The maximum Gasteiger partial charge on any atom is 0.223 e. The van der Waals surface area contributed by atoms with Crippen LogP contribution >= 0.6 is 0 Å². The van der Waals surface area contributed by atoms with Gasteiger partial charge in [-0.3, -0.25) is 4.79 Å². The van der Waals surface area contributed by atoms with Crippen LogP contribution in [0.3, 0.4) is 0 Å². The van der Waals surface area contributed by atoms with E-state index in [0.717, 1.165) is 32.2 Å². The Morgan fingerprint density at radius 1 is 1.29 bits per heavy atom. The lowest BCUT2D eigenvalue weighted by molar-refractivity contribution is -0.138. The quantitative estimate of drug-likeness (QED) is 0.698. The minimum Gasteiger partial charge on any atom is -0.337 e. The van der Waals surface area contributed by atoms with E-state index in [-0.39, 0.29) is 5.54 Å².